The van der Waals surface area contributed by atoms with Crippen molar-refractivity contribution >= 4 is 17.6 Å². The number of rotatable bonds is 5. The normalized spacial score (nSPS) is 16.9. The lowest BCUT2D eigenvalue weighted by Crippen LogP contribution is -2.61. The van der Waals surface area contributed by atoms with Gasteiger partial charge in [-0.05, 0) is 30.5 Å². The lowest BCUT2D eigenvalue weighted by Gasteiger charge is -2.41. The van der Waals surface area contributed by atoms with Crippen molar-refractivity contribution in [3.05, 3.63) is 29.3 Å². The molecule has 30 heavy (non-hydrogen) atoms. The second-order valence-electron chi connectivity index (χ2n) is 7.52. The number of nitriles is 1. The van der Waals surface area contributed by atoms with Crippen molar-refractivity contribution in [2.75, 3.05) is 38.1 Å². The molecule has 3 amide bonds. The molecule has 2 rings (SSSR count). The highest BCUT2D eigenvalue weighted by Crippen LogP contribution is 2.35. The summed E-state index contributed by atoms with van der Waals surface area (Å²) in [5, 5.41) is 14.3. The molecule has 7 nitrogen and oxygen atoms in total. The highest BCUT2D eigenvalue weighted by atomic mass is 19.4. The maximum atomic E-state index is 13.3. The molecular weight excluding hydrogens is 399 g/mol. The molecule has 1 unspecified atom stereocenters. The first-order valence-corrected chi connectivity index (χ1v) is 9.70. The number of nitrogens with zero attached hydrogens (tertiary/aromatic N) is 3. The van der Waals surface area contributed by atoms with Crippen LogP contribution < -0.4 is 15.5 Å². The molecule has 1 aromatic carbocycles. The number of urea groups is 1. The van der Waals surface area contributed by atoms with E-state index in [0.717, 1.165) is 18.6 Å². The van der Waals surface area contributed by atoms with E-state index in [0.29, 0.717) is 12.5 Å². The second kappa shape index (κ2) is 9.69. The monoisotopic (exact) mass is 425 g/mol. The van der Waals surface area contributed by atoms with E-state index in [1.165, 1.54) is 22.9 Å². The molecule has 1 aliphatic rings. The number of carbonyl (C=O) groups excluding carboxylic acids is 2. The average Bonchev–Trinajstić information content (AvgIpc) is 2.71. The van der Waals surface area contributed by atoms with E-state index in [4.69, 9.17) is 5.26 Å². The van der Waals surface area contributed by atoms with E-state index in [9.17, 15) is 22.8 Å². The van der Waals surface area contributed by atoms with Crippen molar-refractivity contribution in [1.82, 2.24) is 15.5 Å². The number of amides is 3. The fraction of sp³-hybridized carbons (Fsp3) is 0.550. The number of benzene rings is 1. The van der Waals surface area contributed by atoms with Crippen molar-refractivity contribution < 1.29 is 22.8 Å². The third kappa shape index (κ3) is 5.55. The first kappa shape index (κ1) is 23.3. The van der Waals surface area contributed by atoms with Gasteiger partial charge < -0.3 is 20.4 Å². The van der Waals surface area contributed by atoms with Crippen LogP contribution in [0.5, 0.6) is 0 Å². The van der Waals surface area contributed by atoms with Crippen LogP contribution in [-0.2, 0) is 11.0 Å². The molecule has 0 radical (unpaired) electrons. The molecule has 0 bridgehead atoms. The van der Waals surface area contributed by atoms with Gasteiger partial charge in [-0.2, -0.15) is 18.4 Å². The molecule has 0 spiro atoms. The number of alkyl halides is 3. The van der Waals surface area contributed by atoms with Crippen LogP contribution in [0.2, 0.25) is 0 Å². The van der Waals surface area contributed by atoms with Gasteiger partial charge in [-0.15, -0.1) is 0 Å². The summed E-state index contributed by atoms with van der Waals surface area (Å²) in [6.07, 6.45) is -3.88. The Balaban J connectivity index is 2.24. The SMILES string of the molecule is CNC(=O)C1CN(C(=O)NCCC(C)C)CCN1c1ccc(C#N)c(C(F)(F)F)c1. The van der Waals surface area contributed by atoms with Crippen LogP contribution in [0, 0.1) is 17.2 Å². The predicted molar refractivity (Wildman–Crippen MR) is 106 cm³/mol. The summed E-state index contributed by atoms with van der Waals surface area (Å²) in [5.41, 5.74) is -1.35. The third-order valence-electron chi connectivity index (χ3n) is 4.98. The number of hydrogen-bond acceptors (Lipinski definition) is 4. The number of likely N-dealkylation sites (N-methyl/N-ethyl adjacent to an activating group) is 1. The zero-order valence-corrected chi connectivity index (χ0v) is 17.2. The molecule has 10 heteroatoms. The summed E-state index contributed by atoms with van der Waals surface area (Å²) in [6, 6.07) is 3.76. The largest absolute Gasteiger partial charge is 0.417 e. The summed E-state index contributed by atoms with van der Waals surface area (Å²) in [4.78, 5) is 27.9. The van der Waals surface area contributed by atoms with Gasteiger partial charge in [0.1, 0.15) is 6.04 Å². The van der Waals surface area contributed by atoms with Crippen LogP contribution in [0.1, 0.15) is 31.4 Å². The van der Waals surface area contributed by atoms with Crippen molar-refractivity contribution in [2.24, 2.45) is 5.92 Å². The molecule has 0 aliphatic carbocycles. The minimum Gasteiger partial charge on any atom is -0.357 e. The molecule has 0 saturated carbocycles. The molecule has 1 atom stereocenters. The summed E-state index contributed by atoms with van der Waals surface area (Å²) in [6.45, 7) is 5.06. The number of piperazine rings is 1. The summed E-state index contributed by atoms with van der Waals surface area (Å²) in [5.74, 6) is 0.0209. The maximum absolute atomic E-state index is 13.3. The fourth-order valence-electron chi connectivity index (χ4n) is 3.29. The molecule has 0 aromatic heterocycles. The first-order chi connectivity index (χ1) is 14.1. The van der Waals surface area contributed by atoms with Gasteiger partial charge in [0, 0.05) is 32.4 Å². The number of anilines is 1. The Kier molecular flexibility index (Phi) is 7.54. The zero-order chi connectivity index (χ0) is 22.5. The number of hydrogen-bond donors (Lipinski definition) is 2. The summed E-state index contributed by atoms with van der Waals surface area (Å²) >= 11 is 0. The van der Waals surface area contributed by atoms with Gasteiger partial charge in [-0.1, -0.05) is 13.8 Å². The molecule has 2 N–H and O–H groups in total. The average molecular weight is 425 g/mol. The highest BCUT2D eigenvalue weighted by molar-refractivity contribution is 5.87. The van der Waals surface area contributed by atoms with Crippen molar-refractivity contribution in [3.8, 4) is 6.07 Å². The standard InChI is InChI=1S/C20H26F3N5O2/c1-13(2)6-7-26-19(30)27-8-9-28(17(12-27)18(29)25-3)15-5-4-14(11-24)16(10-15)20(21,22)23/h4-5,10,13,17H,6-9,12H2,1-3H3,(H,25,29)(H,26,30). The zero-order valence-electron chi connectivity index (χ0n) is 17.2. The maximum Gasteiger partial charge on any atom is 0.417 e. The number of nitrogens with one attached hydrogen (secondary N) is 2. The van der Waals surface area contributed by atoms with Gasteiger partial charge in [0.2, 0.25) is 5.91 Å². The van der Waals surface area contributed by atoms with E-state index < -0.39 is 29.3 Å². The van der Waals surface area contributed by atoms with Crippen molar-refractivity contribution in [3.63, 3.8) is 0 Å². The third-order valence-corrected chi connectivity index (χ3v) is 4.98. The van der Waals surface area contributed by atoms with Gasteiger partial charge in [0.25, 0.3) is 0 Å². The Bertz CT molecular complexity index is 820. The molecule has 1 fully saturated rings. The lowest BCUT2D eigenvalue weighted by atomic mass is 10.0. The molecule has 1 saturated heterocycles. The molecule has 1 aromatic rings. The van der Waals surface area contributed by atoms with Crippen LogP contribution >= 0.6 is 0 Å². The Morgan fingerprint density at radius 1 is 1.30 bits per heavy atom. The number of carbonyl (C=O) groups is 2. The Hall–Kier alpha value is -2.96. The van der Waals surface area contributed by atoms with E-state index >= 15 is 0 Å². The molecular formula is C20H26F3N5O2. The van der Waals surface area contributed by atoms with Crippen molar-refractivity contribution in [2.45, 2.75) is 32.5 Å². The smallest absolute Gasteiger partial charge is 0.357 e. The van der Waals surface area contributed by atoms with Crippen molar-refractivity contribution in [1.29, 1.82) is 5.26 Å². The minimum absolute atomic E-state index is 0.0362. The van der Waals surface area contributed by atoms with Crippen LogP contribution in [-0.4, -0.2) is 56.1 Å². The lowest BCUT2D eigenvalue weighted by molar-refractivity contribution is -0.137. The van der Waals surface area contributed by atoms with E-state index in [-0.39, 0.29) is 31.4 Å². The topological polar surface area (TPSA) is 88.5 Å². The first-order valence-electron chi connectivity index (χ1n) is 9.70. The highest BCUT2D eigenvalue weighted by Gasteiger charge is 2.37. The van der Waals surface area contributed by atoms with E-state index in [1.807, 2.05) is 13.8 Å². The van der Waals surface area contributed by atoms with Crippen LogP contribution in [0.3, 0.4) is 0 Å². The Morgan fingerprint density at radius 2 is 2.00 bits per heavy atom. The van der Waals surface area contributed by atoms with E-state index in [2.05, 4.69) is 10.6 Å². The van der Waals surface area contributed by atoms with Crippen LogP contribution in [0.25, 0.3) is 0 Å². The number of halogens is 3. The predicted octanol–water partition coefficient (Wildman–Crippen LogP) is 2.57. The van der Waals surface area contributed by atoms with E-state index in [1.54, 1.807) is 6.07 Å². The summed E-state index contributed by atoms with van der Waals surface area (Å²) < 4.78 is 40.0. The summed E-state index contributed by atoms with van der Waals surface area (Å²) in [7, 11) is 1.43. The molecule has 1 heterocycles. The quantitative estimate of drug-likeness (QED) is 0.759. The van der Waals surface area contributed by atoms with Gasteiger partial charge >= 0.3 is 12.2 Å². The molecule has 164 valence electrons. The fourth-order valence-corrected chi connectivity index (χ4v) is 3.29. The van der Waals surface area contributed by atoms with Crippen LogP contribution in [0.15, 0.2) is 18.2 Å². The van der Waals surface area contributed by atoms with Gasteiger partial charge in [-0.25, -0.2) is 4.79 Å². The van der Waals surface area contributed by atoms with Gasteiger partial charge in [0.05, 0.1) is 23.7 Å². The second-order valence-corrected chi connectivity index (χ2v) is 7.52. The Labute approximate surface area is 173 Å². The van der Waals surface area contributed by atoms with Crippen LogP contribution in [0.4, 0.5) is 23.7 Å². The minimum atomic E-state index is -4.69. The van der Waals surface area contributed by atoms with Gasteiger partial charge in [-0.3, -0.25) is 4.79 Å². The molecule has 1 aliphatic heterocycles. The van der Waals surface area contributed by atoms with Gasteiger partial charge in [0.15, 0.2) is 0 Å². The Morgan fingerprint density at radius 3 is 2.57 bits per heavy atom.